The van der Waals surface area contributed by atoms with Crippen molar-refractivity contribution in [3.63, 3.8) is 0 Å². The molecule has 0 fully saturated rings. The van der Waals surface area contributed by atoms with Gasteiger partial charge >= 0.3 is 0 Å². The normalized spacial score (nSPS) is 10.2. The first-order valence-corrected chi connectivity index (χ1v) is 7.41. The molecule has 0 atom stereocenters. The number of carbonyl (C=O) groups is 1. The number of hydrogen-bond donors (Lipinski definition) is 3. The Bertz CT molecular complexity index is 920. The Kier molecular flexibility index (Phi) is 4.38. The van der Waals surface area contributed by atoms with E-state index in [0.717, 1.165) is 5.56 Å². The average Bonchev–Trinajstić information content (AvgIpc) is 2.55. The third kappa shape index (κ3) is 3.86. The molecule has 3 N–H and O–H groups in total. The molecule has 1 aromatic heterocycles. The number of amides is 1. The number of H-pyrrole nitrogens is 1. The van der Waals surface area contributed by atoms with Gasteiger partial charge < -0.3 is 10.6 Å². The Labute approximate surface area is 138 Å². The van der Waals surface area contributed by atoms with Crippen molar-refractivity contribution < 1.29 is 4.79 Å². The first-order chi connectivity index (χ1) is 11.6. The van der Waals surface area contributed by atoms with Gasteiger partial charge in [-0.1, -0.05) is 36.4 Å². The molecular formula is C18H16N4O2. The minimum atomic E-state index is -0.246. The van der Waals surface area contributed by atoms with Crippen LogP contribution in [0.2, 0.25) is 0 Å². The summed E-state index contributed by atoms with van der Waals surface area (Å²) < 4.78 is 0. The lowest BCUT2D eigenvalue weighted by molar-refractivity contribution is -0.114. The molecule has 0 aliphatic heterocycles. The summed E-state index contributed by atoms with van der Waals surface area (Å²) in [4.78, 5) is 30.1. The summed E-state index contributed by atoms with van der Waals surface area (Å²) in [6, 6.07) is 18.1. The van der Waals surface area contributed by atoms with E-state index in [0.29, 0.717) is 23.0 Å². The molecule has 1 amide bonds. The van der Waals surface area contributed by atoms with Crippen molar-refractivity contribution in [3.05, 3.63) is 71.0 Å². The Morgan fingerprint density at radius 3 is 2.50 bits per heavy atom. The molecular weight excluding hydrogens is 304 g/mol. The van der Waals surface area contributed by atoms with Crippen LogP contribution in [0.3, 0.4) is 0 Å². The number of nitrogens with zero attached hydrogens (tertiary/aromatic N) is 1. The van der Waals surface area contributed by atoms with E-state index in [1.165, 1.54) is 13.0 Å². The van der Waals surface area contributed by atoms with E-state index < -0.39 is 0 Å². The van der Waals surface area contributed by atoms with Crippen molar-refractivity contribution in [1.82, 2.24) is 9.97 Å². The first kappa shape index (κ1) is 15.5. The maximum Gasteiger partial charge on any atom is 0.252 e. The average molecular weight is 320 g/mol. The van der Waals surface area contributed by atoms with Crippen LogP contribution in [0, 0.1) is 0 Å². The van der Waals surface area contributed by atoms with Crippen molar-refractivity contribution in [2.75, 3.05) is 10.6 Å². The van der Waals surface area contributed by atoms with Crippen molar-refractivity contribution in [2.24, 2.45) is 0 Å². The third-order valence-electron chi connectivity index (χ3n) is 3.26. The fraction of sp³-hybridized carbons (Fsp3) is 0.0556. The fourth-order valence-corrected chi connectivity index (χ4v) is 2.29. The fourth-order valence-electron chi connectivity index (χ4n) is 2.29. The number of benzene rings is 2. The summed E-state index contributed by atoms with van der Waals surface area (Å²) in [6.07, 6.45) is 0. The van der Waals surface area contributed by atoms with E-state index in [1.807, 2.05) is 36.4 Å². The standard InChI is InChI=1S/C18H16N4O2/c1-12(23)19-14-8-5-9-15(10-14)20-18-21-16(11-17(24)22-18)13-6-3-2-4-7-13/h2-11H,1H3,(H,19,23)(H2,20,21,22,24). The second-order valence-electron chi connectivity index (χ2n) is 5.23. The zero-order valence-corrected chi connectivity index (χ0v) is 13.0. The van der Waals surface area contributed by atoms with Crippen molar-refractivity contribution >= 4 is 23.2 Å². The SMILES string of the molecule is CC(=O)Nc1cccc(Nc2nc(-c3ccccc3)cc(=O)[nH]2)c1. The van der Waals surface area contributed by atoms with Gasteiger partial charge in [-0.3, -0.25) is 14.6 Å². The van der Waals surface area contributed by atoms with Crippen LogP contribution in [0.5, 0.6) is 0 Å². The summed E-state index contributed by atoms with van der Waals surface area (Å²) >= 11 is 0. The molecule has 0 bridgehead atoms. The smallest absolute Gasteiger partial charge is 0.252 e. The Morgan fingerprint density at radius 1 is 1.00 bits per heavy atom. The highest BCUT2D eigenvalue weighted by atomic mass is 16.1. The number of aromatic nitrogens is 2. The second kappa shape index (κ2) is 6.78. The van der Waals surface area contributed by atoms with Gasteiger partial charge in [-0.15, -0.1) is 0 Å². The molecule has 0 aliphatic rings. The number of rotatable bonds is 4. The highest BCUT2D eigenvalue weighted by Crippen LogP contribution is 2.20. The van der Waals surface area contributed by atoms with Gasteiger partial charge in [0.2, 0.25) is 11.9 Å². The van der Waals surface area contributed by atoms with E-state index in [-0.39, 0.29) is 11.5 Å². The molecule has 0 unspecified atom stereocenters. The molecule has 0 aliphatic carbocycles. The predicted molar refractivity (Wildman–Crippen MR) is 94.3 cm³/mol. The van der Waals surface area contributed by atoms with Gasteiger partial charge in [0, 0.05) is 29.9 Å². The number of anilines is 3. The number of hydrogen-bond acceptors (Lipinski definition) is 4. The van der Waals surface area contributed by atoms with Crippen molar-refractivity contribution in [1.29, 1.82) is 0 Å². The summed E-state index contributed by atoms with van der Waals surface area (Å²) in [7, 11) is 0. The van der Waals surface area contributed by atoms with Crippen LogP contribution in [0.4, 0.5) is 17.3 Å². The van der Waals surface area contributed by atoms with Crippen LogP contribution in [0.25, 0.3) is 11.3 Å². The highest BCUT2D eigenvalue weighted by Gasteiger charge is 2.05. The van der Waals surface area contributed by atoms with Gasteiger partial charge in [0.1, 0.15) is 0 Å². The lowest BCUT2D eigenvalue weighted by atomic mass is 10.1. The maximum absolute atomic E-state index is 11.9. The quantitative estimate of drug-likeness (QED) is 0.689. The van der Waals surface area contributed by atoms with E-state index in [4.69, 9.17) is 0 Å². The molecule has 0 saturated carbocycles. The highest BCUT2D eigenvalue weighted by molar-refractivity contribution is 5.89. The van der Waals surface area contributed by atoms with Crippen LogP contribution >= 0.6 is 0 Å². The number of nitrogens with one attached hydrogen (secondary N) is 3. The van der Waals surface area contributed by atoms with Gasteiger partial charge in [-0.2, -0.15) is 0 Å². The molecule has 1 heterocycles. The minimum Gasteiger partial charge on any atom is -0.326 e. The molecule has 0 saturated heterocycles. The van der Waals surface area contributed by atoms with Gasteiger partial charge in [0.15, 0.2) is 0 Å². The first-order valence-electron chi connectivity index (χ1n) is 7.41. The Morgan fingerprint density at radius 2 is 1.75 bits per heavy atom. The largest absolute Gasteiger partial charge is 0.326 e. The van der Waals surface area contributed by atoms with E-state index in [1.54, 1.807) is 18.2 Å². The van der Waals surface area contributed by atoms with Crippen molar-refractivity contribution in [2.45, 2.75) is 6.92 Å². The lowest BCUT2D eigenvalue weighted by Gasteiger charge is -2.09. The van der Waals surface area contributed by atoms with Gasteiger partial charge in [-0.25, -0.2) is 4.98 Å². The Balaban J connectivity index is 1.89. The van der Waals surface area contributed by atoms with Crippen LogP contribution in [-0.4, -0.2) is 15.9 Å². The van der Waals surface area contributed by atoms with Crippen LogP contribution in [0.1, 0.15) is 6.92 Å². The van der Waals surface area contributed by atoms with Crippen molar-refractivity contribution in [3.8, 4) is 11.3 Å². The molecule has 0 spiro atoms. The van der Waals surface area contributed by atoms with Gasteiger partial charge in [-0.05, 0) is 18.2 Å². The summed E-state index contributed by atoms with van der Waals surface area (Å²) in [5, 5.41) is 5.76. The summed E-state index contributed by atoms with van der Waals surface area (Å²) in [6.45, 7) is 1.45. The van der Waals surface area contributed by atoms with E-state index in [9.17, 15) is 9.59 Å². The van der Waals surface area contributed by atoms with Gasteiger partial charge in [0.05, 0.1) is 5.69 Å². The van der Waals surface area contributed by atoms with Crippen LogP contribution in [-0.2, 0) is 4.79 Å². The van der Waals surface area contributed by atoms with Gasteiger partial charge in [0.25, 0.3) is 5.56 Å². The lowest BCUT2D eigenvalue weighted by Crippen LogP contribution is -2.11. The molecule has 120 valence electrons. The third-order valence-corrected chi connectivity index (χ3v) is 3.26. The summed E-state index contributed by atoms with van der Waals surface area (Å²) in [5.74, 6) is 0.186. The van der Waals surface area contributed by atoms with Crippen LogP contribution in [0.15, 0.2) is 65.5 Å². The monoisotopic (exact) mass is 320 g/mol. The summed E-state index contributed by atoms with van der Waals surface area (Å²) in [5.41, 5.74) is 2.56. The molecule has 3 aromatic rings. The second-order valence-corrected chi connectivity index (χ2v) is 5.23. The topological polar surface area (TPSA) is 86.9 Å². The number of aromatic amines is 1. The molecule has 0 radical (unpaired) electrons. The van der Waals surface area contributed by atoms with E-state index >= 15 is 0 Å². The number of carbonyl (C=O) groups excluding carboxylic acids is 1. The van der Waals surface area contributed by atoms with E-state index in [2.05, 4.69) is 20.6 Å². The zero-order chi connectivity index (χ0) is 16.9. The molecule has 2 aromatic carbocycles. The molecule has 6 heteroatoms. The molecule has 24 heavy (non-hydrogen) atoms. The Hall–Kier alpha value is -3.41. The predicted octanol–water partition coefficient (Wildman–Crippen LogP) is 3.14. The van der Waals surface area contributed by atoms with Crippen LogP contribution < -0.4 is 16.2 Å². The molecule has 3 rings (SSSR count). The molecule has 6 nitrogen and oxygen atoms in total. The maximum atomic E-state index is 11.9. The minimum absolute atomic E-state index is 0.148. The zero-order valence-electron chi connectivity index (χ0n) is 13.0.